The Bertz CT molecular complexity index is 582. The number of nitrogens with two attached hydrogens (primary N) is 2. The Hall–Kier alpha value is -2.13. The number of benzene rings is 1. The van der Waals surface area contributed by atoms with Gasteiger partial charge in [-0.05, 0) is 24.6 Å². The predicted octanol–water partition coefficient (Wildman–Crippen LogP) is 1.84. The van der Waals surface area contributed by atoms with E-state index in [1.807, 2.05) is 25.1 Å². The summed E-state index contributed by atoms with van der Waals surface area (Å²) in [6.07, 6.45) is 3.43. The van der Waals surface area contributed by atoms with Crippen molar-refractivity contribution < 1.29 is 4.79 Å². The van der Waals surface area contributed by atoms with Gasteiger partial charge in [-0.2, -0.15) is 0 Å². The van der Waals surface area contributed by atoms with Gasteiger partial charge >= 0.3 is 0 Å². The van der Waals surface area contributed by atoms with Gasteiger partial charge in [0.05, 0.1) is 6.04 Å². The van der Waals surface area contributed by atoms with Crippen LogP contribution in [0.15, 0.2) is 59.8 Å². The molecule has 1 aromatic carbocycles. The zero-order valence-electron chi connectivity index (χ0n) is 10.3. The lowest BCUT2D eigenvalue weighted by atomic mass is 9.91. The minimum absolute atomic E-state index is 0.101. The SMILES string of the molecule is C=C1C=CC(C(=O)c2cccc(C)c2)=C(N)C1N. The van der Waals surface area contributed by atoms with Gasteiger partial charge in [0.15, 0.2) is 5.78 Å². The molecule has 0 heterocycles. The summed E-state index contributed by atoms with van der Waals surface area (Å²) in [5.74, 6) is -0.101. The molecule has 0 saturated carbocycles. The third-order valence-electron chi connectivity index (χ3n) is 3.03. The average molecular weight is 240 g/mol. The molecular weight excluding hydrogens is 224 g/mol. The molecule has 3 nitrogen and oxygen atoms in total. The lowest BCUT2D eigenvalue weighted by Gasteiger charge is -2.20. The largest absolute Gasteiger partial charge is 0.400 e. The molecule has 4 N–H and O–H groups in total. The zero-order valence-corrected chi connectivity index (χ0v) is 10.3. The third kappa shape index (κ3) is 2.13. The number of hydrogen-bond donors (Lipinski definition) is 2. The molecule has 0 aliphatic heterocycles. The van der Waals surface area contributed by atoms with Crippen LogP contribution in [0.3, 0.4) is 0 Å². The van der Waals surface area contributed by atoms with Crippen LogP contribution < -0.4 is 11.5 Å². The molecular formula is C15H16N2O. The van der Waals surface area contributed by atoms with Crippen molar-refractivity contribution in [3.05, 3.63) is 71.0 Å². The van der Waals surface area contributed by atoms with Gasteiger partial charge in [-0.1, -0.05) is 36.4 Å². The molecule has 1 aliphatic rings. The monoisotopic (exact) mass is 240 g/mol. The van der Waals surface area contributed by atoms with E-state index in [0.717, 1.165) is 5.56 Å². The molecule has 0 bridgehead atoms. The van der Waals surface area contributed by atoms with E-state index in [1.165, 1.54) is 0 Å². The van der Waals surface area contributed by atoms with Crippen molar-refractivity contribution in [1.82, 2.24) is 0 Å². The summed E-state index contributed by atoms with van der Waals surface area (Å²) in [5, 5.41) is 0. The average Bonchev–Trinajstić information content (AvgIpc) is 2.35. The Morgan fingerprint density at radius 2 is 2.06 bits per heavy atom. The first kappa shape index (κ1) is 12.3. The Morgan fingerprint density at radius 1 is 1.33 bits per heavy atom. The van der Waals surface area contributed by atoms with Crippen LogP contribution in [0.25, 0.3) is 0 Å². The molecule has 18 heavy (non-hydrogen) atoms. The first-order chi connectivity index (χ1) is 8.50. The maximum atomic E-state index is 12.3. The molecule has 0 amide bonds. The highest BCUT2D eigenvalue weighted by atomic mass is 16.1. The van der Waals surface area contributed by atoms with Crippen LogP contribution in [-0.2, 0) is 0 Å². The van der Waals surface area contributed by atoms with E-state index in [2.05, 4.69) is 6.58 Å². The first-order valence-corrected chi connectivity index (χ1v) is 5.74. The molecule has 1 atom stereocenters. The summed E-state index contributed by atoms with van der Waals surface area (Å²) in [6, 6.07) is 6.94. The summed E-state index contributed by atoms with van der Waals surface area (Å²) in [4.78, 5) is 12.3. The van der Waals surface area contributed by atoms with E-state index in [1.54, 1.807) is 18.2 Å². The summed E-state index contributed by atoms with van der Waals surface area (Å²) in [6.45, 7) is 5.73. The van der Waals surface area contributed by atoms with E-state index in [-0.39, 0.29) is 5.78 Å². The van der Waals surface area contributed by atoms with Crippen molar-refractivity contribution in [3.8, 4) is 0 Å². The molecule has 0 fully saturated rings. The number of aryl methyl sites for hydroxylation is 1. The second-order valence-electron chi connectivity index (χ2n) is 4.45. The number of Topliss-reactive ketones (excluding diaryl/α,β-unsaturated/α-hetero) is 1. The van der Waals surface area contributed by atoms with Gasteiger partial charge in [-0.25, -0.2) is 0 Å². The Kier molecular flexibility index (Phi) is 3.17. The molecule has 92 valence electrons. The first-order valence-electron chi connectivity index (χ1n) is 5.74. The fraction of sp³-hybridized carbons (Fsp3) is 0.133. The summed E-state index contributed by atoms with van der Waals surface area (Å²) < 4.78 is 0. The summed E-state index contributed by atoms with van der Waals surface area (Å²) >= 11 is 0. The van der Waals surface area contributed by atoms with Crippen molar-refractivity contribution in [2.45, 2.75) is 13.0 Å². The second kappa shape index (κ2) is 4.63. The Labute approximate surface area is 106 Å². The number of rotatable bonds is 2. The van der Waals surface area contributed by atoms with E-state index >= 15 is 0 Å². The maximum Gasteiger partial charge on any atom is 0.194 e. The van der Waals surface area contributed by atoms with E-state index < -0.39 is 6.04 Å². The molecule has 1 aliphatic carbocycles. The van der Waals surface area contributed by atoms with Crippen LogP contribution in [0.4, 0.5) is 0 Å². The Balaban J connectivity index is 2.41. The number of ketones is 1. The van der Waals surface area contributed by atoms with Crippen molar-refractivity contribution in [1.29, 1.82) is 0 Å². The van der Waals surface area contributed by atoms with Crippen LogP contribution in [0.1, 0.15) is 15.9 Å². The van der Waals surface area contributed by atoms with Crippen LogP contribution >= 0.6 is 0 Å². The van der Waals surface area contributed by atoms with Gasteiger partial charge in [0.1, 0.15) is 0 Å². The fourth-order valence-electron chi connectivity index (χ4n) is 1.91. The molecule has 1 unspecified atom stereocenters. The van der Waals surface area contributed by atoms with Crippen LogP contribution in [0.5, 0.6) is 0 Å². The normalized spacial score (nSPS) is 19.2. The minimum atomic E-state index is -0.473. The number of carbonyl (C=O) groups excluding carboxylic acids is 1. The second-order valence-corrected chi connectivity index (χ2v) is 4.45. The fourth-order valence-corrected chi connectivity index (χ4v) is 1.91. The Morgan fingerprint density at radius 3 is 2.72 bits per heavy atom. The zero-order chi connectivity index (χ0) is 13.3. The van der Waals surface area contributed by atoms with Gasteiger partial charge in [0, 0.05) is 16.8 Å². The number of allylic oxidation sites excluding steroid dienone is 2. The standard InChI is InChI=1S/C15H16N2O/c1-9-4-3-5-11(8-9)15(18)12-7-6-10(2)13(16)14(12)17/h3-8,13H,2,16-17H2,1H3. The van der Waals surface area contributed by atoms with Gasteiger partial charge < -0.3 is 11.5 Å². The van der Waals surface area contributed by atoms with Gasteiger partial charge in [-0.3, -0.25) is 4.79 Å². The molecule has 0 radical (unpaired) electrons. The van der Waals surface area contributed by atoms with Crippen LogP contribution in [-0.4, -0.2) is 11.8 Å². The topological polar surface area (TPSA) is 69.1 Å². The lowest BCUT2D eigenvalue weighted by molar-refractivity contribution is 0.103. The van der Waals surface area contributed by atoms with Crippen LogP contribution in [0, 0.1) is 6.92 Å². The van der Waals surface area contributed by atoms with Gasteiger partial charge in [-0.15, -0.1) is 0 Å². The molecule has 0 saturated heterocycles. The van der Waals surface area contributed by atoms with Crippen LogP contribution in [0.2, 0.25) is 0 Å². The van der Waals surface area contributed by atoms with E-state index in [0.29, 0.717) is 22.4 Å². The van der Waals surface area contributed by atoms with Crippen molar-refractivity contribution in [2.75, 3.05) is 0 Å². The smallest absolute Gasteiger partial charge is 0.194 e. The summed E-state index contributed by atoms with van der Waals surface area (Å²) in [7, 11) is 0. The molecule has 0 spiro atoms. The predicted molar refractivity (Wildman–Crippen MR) is 73.0 cm³/mol. The highest BCUT2D eigenvalue weighted by molar-refractivity contribution is 6.11. The highest BCUT2D eigenvalue weighted by Crippen LogP contribution is 2.21. The number of hydrogen-bond acceptors (Lipinski definition) is 3. The molecule has 2 rings (SSSR count). The quantitative estimate of drug-likeness (QED) is 0.775. The maximum absolute atomic E-state index is 12.3. The van der Waals surface area contributed by atoms with Crippen molar-refractivity contribution in [3.63, 3.8) is 0 Å². The molecule has 1 aromatic rings. The molecule has 3 heteroatoms. The highest BCUT2D eigenvalue weighted by Gasteiger charge is 2.21. The van der Waals surface area contributed by atoms with Gasteiger partial charge in [0.25, 0.3) is 0 Å². The van der Waals surface area contributed by atoms with Crippen molar-refractivity contribution in [2.24, 2.45) is 11.5 Å². The van der Waals surface area contributed by atoms with Crippen molar-refractivity contribution >= 4 is 5.78 Å². The minimum Gasteiger partial charge on any atom is -0.400 e. The summed E-state index contributed by atoms with van der Waals surface area (Å²) in [5.41, 5.74) is 15.0. The lowest BCUT2D eigenvalue weighted by Crippen LogP contribution is -2.33. The van der Waals surface area contributed by atoms with E-state index in [4.69, 9.17) is 11.5 Å². The van der Waals surface area contributed by atoms with Gasteiger partial charge in [0.2, 0.25) is 0 Å². The van der Waals surface area contributed by atoms with E-state index in [9.17, 15) is 4.79 Å². The third-order valence-corrected chi connectivity index (χ3v) is 3.03. The number of carbonyl (C=O) groups is 1. The molecule has 0 aromatic heterocycles.